The zero-order chi connectivity index (χ0) is 15.2. The quantitative estimate of drug-likeness (QED) is 0.646. The molecule has 1 aromatic rings. The molecule has 1 saturated heterocycles. The molecule has 1 aromatic carbocycles. The number of carbonyl (C=O) groups is 1. The Kier molecular flexibility index (Phi) is 5.52. The number of nitrogens with one attached hydrogen (secondary N) is 2. The van der Waals surface area contributed by atoms with Crippen LogP contribution in [0.4, 0.5) is 11.4 Å². The first-order chi connectivity index (χ1) is 10.1. The van der Waals surface area contributed by atoms with Gasteiger partial charge in [-0.2, -0.15) is 0 Å². The normalized spacial score (nSPS) is 15.7. The number of carbonyl (C=O) groups excluding carboxylic acids is 1. The van der Waals surface area contributed by atoms with E-state index in [-0.39, 0.29) is 16.6 Å². The molecule has 7 heteroatoms. The number of hydrogen-bond acceptors (Lipinski definition) is 4. The summed E-state index contributed by atoms with van der Waals surface area (Å²) in [4.78, 5) is 22.0. The highest BCUT2D eigenvalue weighted by Crippen LogP contribution is 2.27. The third kappa shape index (κ3) is 4.68. The number of benzene rings is 1. The number of anilines is 1. The highest BCUT2D eigenvalue weighted by molar-refractivity contribution is 6.33. The number of nitro benzene ring substituents is 1. The van der Waals surface area contributed by atoms with Gasteiger partial charge in [-0.05, 0) is 44.3 Å². The maximum absolute atomic E-state index is 11.9. The lowest BCUT2D eigenvalue weighted by molar-refractivity contribution is -0.384. The third-order valence-corrected chi connectivity index (χ3v) is 3.99. The van der Waals surface area contributed by atoms with Gasteiger partial charge < -0.3 is 10.6 Å². The molecule has 0 unspecified atom stereocenters. The highest BCUT2D eigenvalue weighted by atomic mass is 35.5. The zero-order valence-electron chi connectivity index (χ0n) is 11.6. The number of piperidine rings is 1. The molecule has 0 saturated carbocycles. The van der Waals surface area contributed by atoms with E-state index >= 15 is 0 Å². The fourth-order valence-electron chi connectivity index (χ4n) is 2.44. The minimum Gasteiger partial charge on any atom is -0.325 e. The maximum Gasteiger partial charge on any atom is 0.271 e. The summed E-state index contributed by atoms with van der Waals surface area (Å²) in [7, 11) is 0. The Labute approximate surface area is 128 Å². The molecule has 0 spiro atoms. The van der Waals surface area contributed by atoms with Crippen LogP contribution in [0.1, 0.15) is 25.7 Å². The van der Waals surface area contributed by atoms with Crippen molar-refractivity contribution in [3.63, 3.8) is 0 Å². The highest BCUT2D eigenvalue weighted by Gasteiger charge is 2.16. The number of hydrogen-bond donors (Lipinski definition) is 2. The Morgan fingerprint density at radius 2 is 2.14 bits per heavy atom. The van der Waals surface area contributed by atoms with Crippen LogP contribution in [0.5, 0.6) is 0 Å². The molecule has 0 atom stereocenters. The van der Waals surface area contributed by atoms with Crippen LogP contribution in [0.3, 0.4) is 0 Å². The van der Waals surface area contributed by atoms with Crippen LogP contribution in [0, 0.1) is 16.0 Å². The van der Waals surface area contributed by atoms with Crippen LogP contribution >= 0.6 is 11.6 Å². The minimum atomic E-state index is -0.519. The van der Waals surface area contributed by atoms with Gasteiger partial charge in [-0.15, -0.1) is 0 Å². The first-order valence-corrected chi connectivity index (χ1v) is 7.38. The molecule has 0 bridgehead atoms. The molecular weight excluding hydrogens is 294 g/mol. The molecule has 1 aliphatic heterocycles. The topological polar surface area (TPSA) is 84.3 Å². The Bertz CT molecular complexity index is 530. The lowest BCUT2D eigenvalue weighted by Gasteiger charge is -2.22. The van der Waals surface area contributed by atoms with Crippen LogP contribution in [0.15, 0.2) is 18.2 Å². The van der Waals surface area contributed by atoms with Crippen molar-refractivity contribution in [2.24, 2.45) is 5.92 Å². The number of nitrogens with zero attached hydrogens (tertiary/aromatic N) is 1. The van der Waals surface area contributed by atoms with Gasteiger partial charge in [0.25, 0.3) is 5.69 Å². The van der Waals surface area contributed by atoms with Crippen LogP contribution < -0.4 is 10.6 Å². The van der Waals surface area contributed by atoms with Crippen molar-refractivity contribution in [1.82, 2.24) is 5.32 Å². The van der Waals surface area contributed by atoms with E-state index in [4.69, 9.17) is 11.6 Å². The van der Waals surface area contributed by atoms with E-state index < -0.39 is 4.92 Å². The first-order valence-electron chi connectivity index (χ1n) is 7.01. The van der Waals surface area contributed by atoms with Crippen LogP contribution in [0.25, 0.3) is 0 Å². The molecule has 0 aliphatic carbocycles. The van der Waals surface area contributed by atoms with E-state index in [9.17, 15) is 14.9 Å². The van der Waals surface area contributed by atoms with Gasteiger partial charge in [-0.3, -0.25) is 14.9 Å². The fraction of sp³-hybridized carbons (Fsp3) is 0.500. The molecule has 2 N–H and O–H groups in total. The summed E-state index contributed by atoms with van der Waals surface area (Å²) in [6.45, 7) is 2.03. The molecule has 1 heterocycles. The van der Waals surface area contributed by atoms with Crippen molar-refractivity contribution in [2.75, 3.05) is 18.4 Å². The van der Waals surface area contributed by atoms with E-state index in [1.54, 1.807) is 0 Å². The number of amides is 1. The predicted octanol–water partition coefficient (Wildman–Crippen LogP) is 2.97. The smallest absolute Gasteiger partial charge is 0.271 e. The largest absolute Gasteiger partial charge is 0.325 e. The molecule has 2 rings (SSSR count). The third-order valence-electron chi connectivity index (χ3n) is 3.68. The zero-order valence-corrected chi connectivity index (χ0v) is 12.4. The van der Waals surface area contributed by atoms with Crippen LogP contribution in [0.2, 0.25) is 5.02 Å². The van der Waals surface area contributed by atoms with Gasteiger partial charge in [0.1, 0.15) is 0 Å². The number of rotatable bonds is 5. The summed E-state index contributed by atoms with van der Waals surface area (Å²) in [5.74, 6) is 0.480. The molecule has 1 fully saturated rings. The molecule has 0 aromatic heterocycles. The number of nitro groups is 1. The first kappa shape index (κ1) is 15.7. The maximum atomic E-state index is 11.9. The van der Waals surface area contributed by atoms with Crippen LogP contribution in [-0.4, -0.2) is 23.9 Å². The van der Waals surface area contributed by atoms with E-state index in [0.717, 1.165) is 32.4 Å². The van der Waals surface area contributed by atoms with Crippen LogP contribution in [-0.2, 0) is 4.79 Å². The van der Waals surface area contributed by atoms with Gasteiger partial charge in [0.15, 0.2) is 0 Å². The van der Waals surface area contributed by atoms with Gasteiger partial charge in [0, 0.05) is 18.6 Å². The summed E-state index contributed by atoms with van der Waals surface area (Å²) in [5, 5.41) is 16.8. The van der Waals surface area contributed by atoms with E-state index in [1.807, 2.05) is 0 Å². The van der Waals surface area contributed by atoms with Gasteiger partial charge in [0.05, 0.1) is 15.6 Å². The van der Waals surface area contributed by atoms with Gasteiger partial charge in [-0.25, -0.2) is 0 Å². The molecule has 114 valence electrons. The monoisotopic (exact) mass is 311 g/mol. The molecule has 1 amide bonds. The summed E-state index contributed by atoms with van der Waals surface area (Å²) in [6.07, 6.45) is 3.51. The number of halogens is 1. The second-order valence-electron chi connectivity index (χ2n) is 5.20. The Morgan fingerprint density at radius 3 is 2.76 bits per heavy atom. The molecule has 0 radical (unpaired) electrons. The van der Waals surface area contributed by atoms with E-state index in [1.165, 1.54) is 18.2 Å². The van der Waals surface area contributed by atoms with E-state index in [0.29, 0.717) is 18.0 Å². The second-order valence-corrected chi connectivity index (χ2v) is 5.61. The molecular formula is C14H18ClN3O3. The lowest BCUT2D eigenvalue weighted by Crippen LogP contribution is -2.28. The van der Waals surface area contributed by atoms with Crippen molar-refractivity contribution in [2.45, 2.75) is 25.7 Å². The second kappa shape index (κ2) is 7.38. The summed E-state index contributed by atoms with van der Waals surface area (Å²) >= 11 is 5.94. The van der Waals surface area contributed by atoms with Crippen molar-refractivity contribution in [3.05, 3.63) is 33.3 Å². The van der Waals surface area contributed by atoms with Gasteiger partial charge in [-0.1, -0.05) is 11.6 Å². The van der Waals surface area contributed by atoms with Gasteiger partial charge >= 0.3 is 0 Å². The average Bonchev–Trinajstić information content (AvgIpc) is 2.48. The molecule has 21 heavy (non-hydrogen) atoms. The van der Waals surface area contributed by atoms with E-state index in [2.05, 4.69) is 10.6 Å². The SMILES string of the molecule is O=C(CCC1CCNCC1)Nc1ccc([N+](=O)[O-])cc1Cl. The predicted molar refractivity (Wildman–Crippen MR) is 81.6 cm³/mol. The lowest BCUT2D eigenvalue weighted by atomic mass is 9.93. The van der Waals surface area contributed by atoms with Crippen molar-refractivity contribution >= 4 is 28.9 Å². The summed E-state index contributed by atoms with van der Waals surface area (Å²) in [6, 6.07) is 4.03. The van der Waals surface area contributed by atoms with Crippen molar-refractivity contribution in [3.8, 4) is 0 Å². The average molecular weight is 312 g/mol. The van der Waals surface area contributed by atoms with Crippen molar-refractivity contribution < 1.29 is 9.72 Å². The number of non-ortho nitro benzene ring substituents is 1. The fourth-order valence-corrected chi connectivity index (χ4v) is 2.66. The minimum absolute atomic E-state index is 0.0901. The van der Waals surface area contributed by atoms with Crippen molar-refractivity contribution in [1.29, 1.82) is 0 Å². The summed E-state index contributed by atoms with van der Waals surface area (Å²) < 4.78 is 0. The Morgan fingerprint density at radius 1 is 1.43 bits per heavy atom. The Hall–Kier alpha value is -1.66. The Balaban J connectivity index is 1.85. The summed E-state index contributed by atoms with van der Waals surface area (Å²) in [5.41, 5.74) is 0.324. The standard InChI is InChI=1S/C14H18ClN3O3/c15-12-9-11(18(20)21)2-3-13(12)17-14(19)4-1-10-5-7-16-8-6-10/h2-3,9-10,16H,1,4-8H2,(H,17,19). The van der Waals surface area contributed by atoms with Gasteiger partial charge in [0.2, 0.25) is 5.91 Å². The molecule has 6 nitrogen and oxygen atoms in total. The molecule has 1 aliphatic rings.